The van der Waals surface area contributed by atoms with Crippen LogP contribution in [-0.4, -0.2) is 20.7 Å². The highest BCUT2D eigenvalue weighted by Crippen LogP contribution is 2.37. The molecule has 2 nitrogen and oxygen atoms in total. The van der Waals surface area contributed by atoms with Crippen LogP contribution in [0.15, 0.2) is 72.8 Å². The molecular formula is C27H36O2Si. The minimum Gasteiger partial charge on any atom is -0.407 e. The van der Waals surface area contributed by atoms with Gasteiger partial charge in [0.25, 0.3) is 8.32 Å². The Hall–Kier alpha value is -1.97. The van der Waals surface area contributed by atoms with Gasteiger partial charge in [-0.15, -0.1) is 0 Å². The van der Waals surface area contributed by atoms with Crippen molar-refractivity contribution in [1.82, 2.24) is 0 Å². The topological polar surface area (TPSA) is 26.3 Å². The van der Waals surface area contributed by atoms with Crippen LogP contribution < -0.4 is 10.4 Å². The predicted octanol–water partition coefficient (Wildman–Crippen LogP) is 5.66. The molecule has 0 saturated heterocycles. The maximum absolute atomic E-state index is 11.6. The molecule has 0 heterocycles. The van der Waals surface area contributed by atoms with Crippen LogP contribution in [0.4, 0.5) is 0 Å². The molecule has 2 aromatic rings. The Balaban J connectivity index is 1.69. The molecule has 1 aliphatic carbocycles. The summed E-state index contributed by atoms with van der Waals surface area (Å²) in [6, 6.07) is 21.7. The number of unbranched alkanes of at least 4 members (excludes halogenated alkanes) is 2. The monoisotopic (exact) mass is 420 g/mol. The van der Waals surface area contributed by atoms with Gasteiger partial charge < -0.3 is 4.43 Å². The molecule has 2 aromatic carbocycles. The summed E-state index contributed by atoms with van der Waals surface area (Å²) in [6.07, 6.45) is 8.94. The molecule has 30 heavy (non-hydrogen) atoms. The van der Waals surface area contributed by atoms with E-state index in [9.17, 15) is 4.79 Å². The first-order valence-corrected chi connectivity index (χ1v) is 13.1. The van der Waals surface area contributed by atoms with Crippen molar-refractivity contribution in [3.05, 3.63) is 72.8 Å². The third-order valence-electron chi connectivity index (χ3n) is 6.38. The molecule has 0 N–H and O–H groups in total. The van der Waals surface area contributed by atoms with Crippen LogP contribution in [0.5, 0.6) is 0 Å². The Bertz CT molecular complexity index is 812. The molecule has 0 saturated carbocycles. The highest BCUT2D eigenvalue weighted by Gasteiger charge is 2.49. The molecule has 1 atom stereocenters. The molecule has 0 bridgehead atoms. The van der Waals surface area contributed by atoms with E-state index < -0.39 is 8.32 Å². The first-order valence-electron chi connectivity index (χ1n) is 11.2. The van der Waals surface area contributed by atoms with E-state index in [0.29, 0.717) is 6.42 Å². The van der Waals surface area contributed by atoms with Gasteiger partial charge in [-0.3, -0.25) is 4.79 Å². The molecule has 0 radical (unpaired) electrons. The van der Waals surface area contributed by atoms with Crippen molar-refractivity contribution in [3.63, 3.8) is 0 Å². The van der Waals surface area contributed by atoms with E-state index in [2.05, 4.69) is 94.4 Å². The molecule has 0 spiro atoms. The first-order chi connectivity index (χ1) is 14.3. The van der Waals surface area contributed by atoms with E-state index in [0.717, 1.165) is 32.3 Å². The van der Waals surface area contributed by atoms with E-state index in [4.69, 9.17) is 4.43 Å². The number of hydrogen-bond acceptors (Lipinski definition) is 2. The van der Waals surface area contributed by atoms with Crippen LogP contribution in [0.1, 0.15) is 59.8 Å². The summed E-state index contributed by atoms with van der Waals surface area (Å²) in [5.74, 6) is 0.271. The van der Waals surface area contributed by atoms with Gasteiger partial charge in [-0.1, -0.05) is 107 Å². The Kier molecular flexibility index (Phi) is 7.15. The third kappa shape index (κ3) is 5.01. The Morgan fingerprint density at radius 3 is 1.93 bits per heavy atom. The fraction of sp³-hybridized carbons (Fsp3) is 0.444. The van der Waals surface area contributed by atoms with Crippen molar-refractivity contribution < 1.29 is 9.22 Å². The van der Waals surface area contributed by atoms with Gasteiger partial charge >= 0.3 is 0 Å². The van der Waals surface area contributed by atoms with Gasteiger partial charge in [0.15, 0.2) is 5.78 Å². The third-order valence-corrected chi connectivity index (χ3v) is 11.4. The molecule has 0 aromatic heterocycles. The Morgan fingerprint density at radius 1 is 0.900 bits per heavy atom. The lowest BCUT2D eigenvalue weighted by atomic mass is 9.84. The van der Waals surface area contributed by atoms with Crippen molar-refractivity contribution in [3.8, 4) is 0 Å². The molecule has 1 aliphatic rings. The van der Waals surface area contributed by atoms with E-state index in [1.807, 2.05) is 0 Å². The van der Waals surface area contributed by atoms with Crippen molar-refractivity contribution in [2.45, 2.75) is 64.8 Å². The summed E-state index contributed by atoms with van der Waals surface area (Å²) < 4.78 is 6.95. The second-order valence-corrected chi connectivity index (χ2v) is 14.3. The number of ketones is 1. The largest absolute Gasteiger partial charge is 0.407 e. The van der Waals surface area contributed by atoms with Gasteiger partial charge in [0.2, 0.25) is 0 Å². The van der Waals surface area contributed by atoms with E-state index in [1.54, 1.807) is 6.08 Å². The fourth-order valence-electron chi connectivity index (χ4n) is 4.78. The van der Waals surface area contributed by atoms with E-state index in [1.165, 1.54) is 10.4 Å². The number of carbonyl (C=O) groups excluding carboxylic acids is 1. The number of rotatable bonds is 9. The number of benzene rings is 2. The zero-order chi connectivity index (χ0) is 21.7. The standard InChI is InChI=1S/C27H36O2Si/c1-26(2,3)30(24-14-8-5-9-15-24,25-16-10-6-11-17-25)29-21-13-7-12-19-27(4)20-18-23(28)22-27/h5-6,8-11,14-18,20H,7,12-13,19,21-22H2,1-4H3. The summed E-state index contributed by atoms with van der Waals surface area (Å²) in [4.78, 5) is 11.6. The van der Waals surface area contributed by atoms with Gasteiger partial charge in [0, 0.05) is 13.0 Å². The van der Waals surface area contributed by atoms with Crippen LogP contribution in [0.2, 0.25) is 5.04 Å². The molecule has 1 unspecified atom stereocenters. The second kappa shape index (κ2) is 9.45. The zero-order valence-corrected chi connectivity index (χ0v) is 20.0. The number of allylic oxidation sites excluding steroid dienone is 2. The normalized spacial score (nSPS) is 19.4. The average molecular weight is 421 g/mol. The Morgan fingerprint density at radius 2 is 1.47 bits per heavy atom. The lowest BCUT2D eigenvalue weighted by Gasteiger charge is -2.43. The maximum Gasteiger partial charge on any atom is 0.261 e. The summed E-state index contributed by atoms with van der Waals surface area (Å²) >= 11 is 0. The van der Waals surface area contributed by atoms with Gasteiger partial charge in [-0.25, -0.2) is 0 Å². The van der Waals surface area contributed by atoms with Crippen LogP contribution in [0.3, 0.4) is 0 Å². The second-order valence-electron chi connectivity index (χ2n) is 9.95. The number of carbonyl (C=O) groups is 1. The molecule has 3 rings (SSSR count). The van der Waals surface area contributed by atoms with E-state index in [-0.39, 0.29) is 16.2 Å². The molecule has 0 aliphatic heterocycles. The lowest BCUT2D eigenvalue weighted by molar-refractivity contribution is -0.115. The van der Waals surface area contributed by atoms with E-state index >= 15 is 0 Å². The lowest BCUT2D eigenvalue weighted by Crippen LogP contribution is -2.66. The van der Waals surface area contributed by atoms with Gasteiger partial charge in [0.1, 0.15) is 0 Å². The fourth-order valence-corrected chi connectivity index (χ4v) is 9.38. The van der Waals surface area contributed by atoms with Crippen LogP contribution in [0, 0.1) is 5.41 Å². The van der Waals surface area contributed by atoms with Crippen molar-refractivity contribution in [2.75, 3.05) is 6.61 Å². The predicted molar refractivity (Wildman–Crippen MR) is 129 cm³/mol. The summed E-state index contributed by atoms with van der Waals surface area (Å²) in [7, 11) is -2.41. The van der Waals surface area contributed by atoms with Crippen LogP contribution in [0.25, 0.3) is 0 Å². The summed E-state index contributed by atoms with van der Waals surface area (Å²) in [6.45, 7) is 9.95. The van der Waals surface area contributed by atoms with Gasteiger partial charge in [0.05, 0.1) is 0 Å². The molecule has 160 valence electrons. The first kappa shape index (κ1) is 22.7. The van der Waals surface area contributed by atoms with Crippen LogP contribution in [-0.2, 0) is 9.22 Å². The smallest absolute Gasteiger partial charge is 0.261 e. The minimum absolute atomic E-state index is 0.0260. The molecule has 0 fully saturated rings. The zero-order valence-electron chi connectivity index (χ0n) is 19.0. The van der Waals surface area contributed by atoms with Crippen LogP contribution >= 0.6 is 0 Å². The maximum atomic E-state index is 11.6. The van der Waals surface area contributed by atoms with Gasteiger partial charge in [-0.2, -0.15) is 0 Å². The highest BCUT2D eigenvalue weighted by molar-refractivity contribution is 6.99. The summed E-state index contributed by atoms with van der Waals surface area (Å²) in [5, 5.41) is 2.70. The molecular weight excluding hydrogens is 384 g/mol. The van der Waals surface area contributed by atoms with Crippen molar-refractivity contribution in [1.29, 1.82) is 0 Å². The quantitative estimate of drug-likeness (QED) is 0.386. The Labute approximate surface area is 183 Å². The number of hydrogen-bond donors (Lipinski definition) is 0. The SMILES string of the molecule is CC1(CCCCCO[Si](c2ccccc2)(c2ccccc2)C(C)(C)C)C=CC(=O)C1. The molecule has 3 heteroatoms. The molecule has 0 amide bonds. The minimum atomic E-state index is -2.41. The highest BCUT2D eigenvalue weighted by atomic mass is 28.4. The van der Waals surface area contributed by atoms with Crippen molar-refractivity contribution in [2.24, 2.45) is 5.41 Å². The average Bonchev–Trinajstić information content (AvgIpc) is 3.06. The van der Waals surface area contributed by atoms with Gasteiger partial charge in [-0.05, 0) is 39.7 Å². The summed E-state index contributed by atoms with van der Waals surface area (Å²) in [5.41, 5.74) is 0.0654. The van der Waals surface area contributed by atoms with Crippen molar-refractivity contribution >= 4 is 24.5 Å².